The standard InChI is InChI=1S/C36H20B2N2O2/c1-3-9-21(10-4-1)39-23-13-7-15-27-31(23)37-33-25(39)17-19-29-35(33)38-32-24(14-8-16-28(32)42-29)40(22-11-5-2-6-12-22)26-18-20-30(41-27)36(37)34(26)38/h1-20H. The highest BCUT2D eigenvalue weighted by Gasteiger charge is 2.55. The van der Waals surface area contributed by atoms with Crippen molar-refractivity contribution in [3.8, 4) is 23.0 Å². The Hall–Kier alpha value is -5.35. The smallest absolute Gasteiger partial charge is 0.255 e. The van der Waals surface area contributed by atoms with Crippen LogP contribution >= 0.6 is 0 Å². The number of hydrogen-bond acceptors (Lipinski definition) is 4. The van der Waals surface area contributed by atoms with Gasteiger partial charge < -0.3 is 19.3 Å². The predicted molar refractivity (Wildman–Crippen MR) is 172 cm³/mol. The Labute approximate surface area is 243 Å². The zero-order valence-electron chi connectivity index (χ0n) is 22.4. The second-order valence-electron chi connectivity index (χ2n) is 11.6. The average molecular weight is 534 g/mol. The number of benzene rings is 6. The van der Waals surface area contributed by atoms with Crippen LogP contribution in [0.15, 0.2) is 121 Å². The van der Waals surface area contributed by atoms with E-state index in [2.05, 4.69) is 131 Å². The number of ether oxygens (including phenoxy) is 2. The Kier molecular flexibility index (Phi) is 3.71. The lowest BCUT2D eigenvalue weighted by atomic mass is 9.18. The van der Waals surface area contributed by atoms with Gasteiger partial charge in [0, 0.05) is 34.1 Å². The summed E-state index contributed by atoms with van der Waals surface area (Å²) in [5.41, 5.74) is 14.8. The van der Waals surface area contributed by atoms with E-state index in [1.165, 1.54) is 55.5 Å². The van der Waals surface area contributed by atoms with E-state index in [4.69, 9.17) is 9.47 Å². The number of hydrogen-bond donors (Lipinski definition) is 0. The molecule has 4 nitrogen and oxygen atoms in total. The van der Waals surface area contributed by atoms with Crippen molar-refractivity contribution in [1.82, 2.24) is 0 Å². The van der Waals surface area contributed by atoms with Crippen molar-refractivity contribution < 1.29 is 9.47 Å². The van der Waals surface area contributed by atoms with Crippen LogP contribution in [0.4, 0.5) is 34.1 Å². The first-order valence-electron chi connectivity index (χ1n) is 14.5. The van der Waals surface area contributed by atoms with Gasteiger partial charge in [0.15, 0.2) is 0 Å². The Morgan fingerprint density at radius 1 is 0.333 bits per heavy atom. The van der Waals surface area contributed by atoms with Crippen LogP contribution in [0.3, 0.4) is 0 Å². The molecule has 0 unspecified atom stereocenters. The van der Waals surface area contributed by atoms with Crippen molar-refractivity contribution in [1.29, 1.82) is 0 Å². The second-order valence-corrected chi connectivity index (χ2v) is 11.6. The molecule has 6 aromatic carbocycles. The molecular weight excluding hydrogens is 514 g/mol. The molecule has 42 heavy (non-hydrogen) atoms. The Bertz CT molecular complexity index is 2030. The third-order valence-electron chi connectivity index (χ3n) is 9.70. The normalized spacial score (nSPS) is 14.9. The quantitative estimate of drug-likeness (QED) is 0.298. The molecule has 0 fully saturated rings. The fourth-order valence-corrected chi connectivity index (χ4v) is 8.27. The molecule has 0 atom stereocenters. The fourth-order valence-electron chi connectivity index (χ4n) is 8.27. The summed E-state index contributed by atoms with van der Waals surface area (Å²) < 4.78 is 13.6. The van der Waals surface area contributed by atoms with Crippen molar-refractivity contribution in [3.63, 3.8) is 0 Å². The lowest BCUT2D eigenvalue weighted by molar-refractivity contribution is 0.485. The molecule has 0 N–H and O–H groups in total. The molecule has 5 heterocycles. The molecule has 0 spiro atoms. The van der Waals surface area contributed by atoms with Gasteiger partial charge in [0.05, 0.1) is 0 Å². The van der Waals surface area contributed by atoms with Gasteiger partial charge in [0.2, 0.25) is 0 Å². The van der Waals surface area contributed by atoms with Crippen molar-refractivity contribution >= 4 is 80.3 Å². The topological polar surface area (TPSA) is 24.9 Å². The van der Waals surface area contributed by atoms with E-state index >= 15 is 0 Å². The van der Waals surface area contributed by atoms with Gasteiger partial charge in [-0.3, -0.25) is 0 Å². The molecule has 0 bridgehead atoms. The maximum atomic E-state index is 6.80. The average Bonchev–Trinajstić information content (AvgIpc) is 3.05. The molecule has 0 saturated carbocycles. The van der Waals surface area contributed by atoms with Crippen LogP contribution in [0, 0.1) is 0 Å². The van der Waals surface area contributed by atoms with Gasteiger partial charge in [-0.25, -0.2) is 0 Å². The van der Waals surface area contributed by atoms with Crippen molar-refractivity contribution in [2.45, 2.75) is 0 Å². The van der Waals surface area contributed by atoms with Gasteiger partial charge in [0.1, 0.15) is 23.0 Å². The van der Waals surface area contributed by atoms with Crippen molar-refractivity contribution in [3.05, 3.63) is 121 Å². The van der Waals surface area contributed by atoms with Crippen LogP contribution < -0.4 is 52.1 Å². The highest BCUT2D eigenvalue weighted by Crippen LogP contribution is 2.46. The molecule has 192 valence electrons. The van der Waals surface area contributed by atoms with Crippen LogP contribution in [0.2, 0.25) is 0 Å². The Morgan fingerprint density at radius 3 is 1.19 bits per heavy atom. The fraction of sp³-hybridized carbons (Fsp3) is 0. The summed E-state index contributed by atoms with van der Waals surface area (Å²) in [7, 11) is 0. The van der Waals surface area contributed by atoms with Crippen LogP contribution in [0.25, 0.3) is 0 Å². The Morgan fingerprint density at radius 2 is 0.738 bits per heavy atom. The monoisotopic (exact) mass is 534 g/mol. The lowest BCUT2D eigenvalue weighted by Crippen LogP contribution is -2.79. The number of para-hydroxylation sites is 2. The van der Waals surface area contributed by atoms with Gasteiger partial charge in [-0.15, -0.1) is 0 Å². The van der Waals surface area contributed by atoms with Gasteiger partial charge in [-0.1, -0.05) is 48.5 Å². The van der Waals surface area contributed by atoms with Crippen LogP contribution in [0.1, 0.15) is 0 Å². The lowest BCUT2D eigenvalue weighted by Gasteiger charge is -2.49. The van der Waals surface area contributed by atoms with Crippen molar-refractivity contribution in [2.75, 3.05) is 9.80 Å². The third-order valence-corrected chi connectivity index (χ3v) is 9.70. The van der Waals surface area contributed by atoms with E-state index in [1.807, 2.05) is 0 Å². The maximum Gasteiger partial charge on any atom is 0.255 e. The van der Waals surface area contributed by atoms with E-state index in [0.29, 0.717) is 0 Å². The van der Waals surface area contributed by atoms with E-state index in [1.54, 1.807) is 0 Å². The number of nitrogens with zero attached hydrogens (tertiary/aromatic N) is 2. The molecular formula is C36H20B2N2O2. The molecule has 0 saturated heterocycles. The Balaban J connectivity index is 1.31. The maximum absolute atomic E-state index is 6.80. The minimum atomic E-state index is 0.0593. The van der Waals surface area contributed by atoms with Crippen molar-refractivity contribution in [2.24, 2.45) is 0 Å². The molecule has 6 aromatic rings. The summed E-state index contributed by atoms with van der Waals surface area (Å²) in [5, 5.41) is 0. The molecule has 11 rings (SSSR count). The summed E-state index contributed by atoms with van der Waals surface area (Å²) in [4.78, 5) is 4.82. The highest BCUT2D eigenvalue weighted by molar-refractivity contribution is 7.15. The first-order chi connectivity index (χ1) is 20.9. The van der Waals surface area contributed by atoms with E-state index in [9.17, 15) is 0 Å². The zero-order chi connectivity index (χ0) is 27.1. The molecule has 5 aliphatic heterocycles. The SMILES string of the molecule is c1ccc(N2c3cccc4c3B3c5c(ccc6c5B5c7c(cccc7N6c6ccccc6)Oc6ccc2c3c65)O4)cc1. The largest absolute Gasteiger partial charge is 0.458 e. The molecule has 0 radical (unpaired) electrons. The predicted octanol–water partition coefficient (Wildman–Crippen LogP) is 4.81. The molecule has 5 aliphatic rings. The molecule has 0 amide bonds. The summed E-state index contributed by atoms with van der Waals surface area (Å²) in [6.07, 6.45) is 0. The summed E-state index contributed by atoms with van der Waals surface area (Å²) >= 11 is 0. The molecule has 0 aromatic heterocycles. The summed E-state index contributed by atoms with van der Waals surface area (Å²) in [5.74, 6) is 3.78. The third kappa shape index (κ3) is 2.37. The zero-order valence-corrected chi connectivity index (χ0v) is 22.4. The molecule has 0 aliphatic carbocycles. The van der Waals surface area contributed by atoms with Gasteiger partial charge in [-0.05, 0) is 106 Å². The van der Waals surface area contributed by atoms with Gasteiger partial charge in [-0.2, -0.15) is 0 Å². The molecule has 6 heteroatoms. The van der Waals surface area contributed by atoms with E-state index in [-0.39, 0.29) is 13.4 Å². The minimum absolute atomic E-state index is 0.0593. The van der Waals surface area contributed by atoms with Crippen LogP contribution in [-0.2, 0) is 0 Å². The first-order valence-corrected chi connectivity index (χ1v) is 14.5. The van der Waals surface area contributed by atoms with Gasteiger partial charge in [0.25, 0.3) is 13.4 Å². The first kappa shape index (κ1) is 21.4. The van der Waals surface area contributed by atoms with E-state index < -0.39 is 0 Å². The van der Waals surface area contributed by atoms with Gasteiger partial charge >= 0.3 is 0 Å². The highest BCUT2D eigenvalue weighted by atomic mass is 16.5. The van der Waals surface area contributed by atoms with E-state index in [0.717, 1.165) is 34.4 Å². The summed E-state index contributed by atoms with van der Waals surface area (Å²) in [6.45, 7) is 0.119. The second kappa shape index (κ2) is 7.29. The summed E-state index contributed by atoms with van der Waals surface area (Å²) in [6, 6.07) is 43.2. The number of rotatable bonds is 2. The minimum Gasteiger partial charge on any atom is -0.458 e. The van der Waals surface area contributed by atoms with Crippen LogP contribution in [-0.4, -0.2) is 13.4 Å². The number of anilines is 6. The van der Waals surface area contributed by atoms with Crippen LogP contribution in [0.5, 0.6) is 23.0 Å².